The number of nitrogens with zero attached hydrogens (tertiary/aromatic N) is 2. The lowest BCUT2D eigenvalue weighted by Gasteiger charge is -2.08. The number of aromatic nitrogens is 1. The Hall–Kier alpha value is -1.56. The summed E-state index contributed by atoms with van der Waals surface area (Å²) in [7, 11) is 0. The van der Waals surface area contributed by atoms with Crippen molar-refractivity contribution in [1.29, 1.82) is 5.26 Å². The van der Waals surface area contributed by atoms with Crippen LogP contribution in [-0.2, 0) is 0 Å². The maximum Gasteiger partial charge on any atom is 0.101 e. The smallest absolute Gasteiger partial charge is 0.101 e. The first-order chi connectivity index (χ1) is 7.72. The first-order valence-corrected chi connectivity index (χ1v) is 5.80. The summed E-state index contributed by atoms with van der Waals surface area (Å²) in [4.78, 5) is 4.03. The Balaban J connectivity index is 1.89. The Bertz CT molecular complexity index is 406. The van der Waals surface area contributed by atoms with Crippen LogP contribution in [0.15, 0.2) is 18.5 Å². The van der Waals surface area contributed by atoms with Crippen LogP contribution < -0.4 is 5.32 Å². The van der Waals surface area contributed by atoms with Crippen molar-refractivity contribution in [3.05, 3.63) is 24.0 Å². The molecule has 0 bridgehead atoms. The van der Waals surface area contributed by atoms with Gasteiger partial charge in [0.2, 0.25) is 0 Å². The molecule has 0 aliphatic heterocycles. The Morgan fingerprint density at radius 2 is 2.44 bits per heavy atom. The number of hydrogen-bond donors (Lipinski definition) is 1. The van der Waals surface area contributed by atoms with Gasteiger partial charge >= 0.3 is 0 Å². The molecule has 2 rings (SSSR count). The van der Waals surface area contributed by atoms with Gasteiger partial charge in [-0.3, -0.25) is 4.98 Å². The quantitative estimate of drug-likeness (QED) is 0.840. The van der Waals surface area contributed by atoms with E-state index in [2.05, 4.69) is 30.2 Å². The first kappa shape index (κ1) is 10.9. The molecule has 0 unspecified atom stereocenters. The van der Waals surface area contributed by atoms with Gasteiger partial charge < -0.3 is 5.32 Å². The van der Waals surface area contributed by atoms with Crippen LogP contribution in [0, 0.1) is 29.1 Å². The van der Waals surface area contributed by atoms with Crippen molar-refractivity contribution < 1.29 is 0 Å². The van der Waals surface area contributed by atoms with Crippen LogP contribution in [0.3, 0.4) is 0 Å². The lowest BCUT2D eigenvalue weighted by atomic mass is 10.1. The van der Waals surface area contributed by atoms with Gasteiger partial charge in [0.1, 0.15) is 6.07 Å². The molecule has 1 aliphatic carbocycles. The molecule has 84 valence electrons. The summed E-state index contributed by atoms with van der Waals surface area (Å²) in [5.41, 5.74) is 1.54. The van der Waals surface area contributed by atoms with E-state index in [1.807, 2.05) is 0 Å². The zero-order chi connectivity index (χ0) is 11.5. The van der Waals surface area contributed by atoms with Gasteiger partial charge in [-0.1, -0.05) is 13.8 Å². The number of rotatable bonds is 4. The Morgan fingerprint density at radius 1 is 1.62 bits per heavy atom. The third-order valence-electron chi connectivity index (χ3n) is 3.33. The molecule has 1 aromatic heterocycles. The molecule has 0 saturated heterocycles. The van der Waals surface area contributed by atoms with Crippen LogP contribution in [0.4, 0.5) is 5.69 Å². The summed E-state index contributed by atoms with van der Waals surface area (Å²) in [5, 5.41) is 12.2. The summed E-state index contributed by atoms with van der Waals surface area (Å²) in [6, 6.07) is 3.92. The highest BCUT2D eigenvalue weighted by atomic mass is 14.9. The maximum atomic E-state index is 8.92. The van der Waals surface area contributed by atoms with Crippen molar-refractivity contribution in [2.45, 2.75) is 20.3 Å². The molecular formula is C13H17N3. The fourth-order valence-corrected chi connectivity index (χ4v) is 2.20. The van der Waals surface area contributed by atoms with Gasteiger partial charge in [0.05, 0.1) is 17.4 Å². The minimum atomic E-state index is 0.678. The van der Waals surface area contributed by atoms with Crippen molar-refractivity contribution in [2.75, 3.05) is 11.9 Å². The van der Waals surface area contributed by atoms with E-state index >= 15 is 0 Å². The number of nitrogens with one attached hydrogen (secondary N) is 1. The third-order valence-corrected chi connectivity index (χ3v) is 3.33. The first-order valence-electron chi connectivity index (χ1n) is 5.80. The number of nitriles is 1. The Morgan fingerprint density at radius 3 is 3.06 bits per heavy atom. The largest absolute Gasteiger partial charge is 0.382 e. The molecule has 1 saturated carbocycles. The van der Waals surface area contributed by atoms with Crippen molar-refractivity contribution in [3.8, 4) is 6.07 Å². The molecule has 1 aromatic rings. The second-order valence-electron chi connectivity index (χ2n) is 4.82. The predicted molar refractivity (Wildman–Crippen MR) is 63.9 cm³/mol. The normalized spacial score (nSPS) is 22.9. The molecule has 3 nitrogen and oxygen atoms in total. The summed E-state index contributed by atoms with van der Waals surface area (Å²) in [6.45, 7) is 5.51. The van der Waals surface area contributed by atoms with E-state index in [0.29, 0.717) is 5.56 Å². The maximum absolute atomic E-state index is 8.92. The number of pyridine rings is 1. The minimum Gasteiger partial charge on any atom is -0.382 e. The molecule has 0 spiro atoms. The van der Waals surface area contributed by atoms with Gasteiger partial charge in [-0.05, 0) is 30.2 Å². The van der Waals surface area contributed by atoms with E-state index in [9.17, 15) is 0 Å². The molecule has 0 radical (unpaired) electrons. The molecule has 2 atom stereocenters. The van der Waals surface area contributed by atoms with Crippen LogP contribution >= 0.6 is 0 Å². The topological polar surface area (TPSA) is 48.7 Å². The zero-order valence-electron chi connectivity index (χ0n) is 9.77. The van der Waals surface area contributed by atoms with E-state index in [1.165, 1.54) is 6.42 Å². The Labute approximate surface area is 96.5 Å². The fourth-order valence-electron chi connectivity index (χ4n) is 2.20. The third kappa shape index (κ3) is 2.33. The van der Waals surface area contributed by atoms with Gasteiger partial charge in [-0.15, -0.1) is 0 Å². The van der Waals surface area contributed by atoms with Gasteiger partial charge in [-0.25, -0.2) is 0 Å². The van der Waals surface area contributed by atoms with Gasteiger partial charge in [0.25, 0.3) is 0 Å². The summed E-state index contributed by atoms with van der Waals surface area (Å²) >= 11 is 0. The predicted octanol–water partition coefficient (Wildman–Crippen LogP) is 2.66. The molecule has 16 heavy (non-hydrogen) atoms. The molecule has 3 heteroatoms. The van der Waals surface area contributed by atoms with Crippen molar-refractivity contribution >= 4 is 5.69 Å². The molecule has 0 amide bonds. The second-order valence-corrected chi connectivity index (χ2v) is 4.82. The van der Waals surface area contributed by atoms with Crippen molar-refractivity contribution in [2.24, 2.45) is 17.8 Å². The lowest BCUT2D eigenvalue weighted by molar-refractivity contribution is 0.524. The second kappa shape index (κ2) is 4.52. The highest BCUT2D eigenvalue weighted by molar-refractivity contribution is 5.55. The average molecular weight is 215 g/mol. The van der Waals surface area contributed by atoms with Crippen LogP contribution in [0.1, 0.15) is 25.8 Å². The van der Waals surface area contributed by atoms with E-state index in [-0.39, 0.29) is 0 Å². The molecule has 1 N–H and O–H groups in total. The molecular weight excluding hydrogens is 198 g/mol. The van der Waals surface area contributed by atoms with Crippen LogP contribution in [0.5, 0.6) is 0 Å². The molecule has 0 aromatic carbocycles. The summed E-state index contributed by atoms with van der Waals surface area (Å²) < 4.78 is 0. The minimum absolute atomic E-state index is 0.678. The highest BCUT2D eigenvalue weighted by Gasteiger charge is 2.38. The highest BCUT2D eigenvalue weighted by Crippen LogP contribution is 2.43. The van der Waals surface area contributed by atoms with Crippen LogP contribution in [0.25, 0.3) is 0 Å². The van der Waals surface area contributed by atoms with E-state index in [0.717, 1.165) is 30.0 Å². The van der Waals surface area contributed by atoms with Crippen molar-refractivity contribution in [1.82, 2.24) is 4.98 Å². The van der Waals surface area contributed by atoms with Crippen LogP contribution in [-0.4, -0.2) is 11.5 Å². The van der Waals surface area contributed by atoms with E-state index < -0.39 is 0 Å². The van der Waals surface area contributed by atoms with E-state index in [4.69, 9.17) is 5.26 Å². The van der Waals surface area contributed by atoms with Gasteiger partial charge in [-0.2, -0.15) is 5.26 Å². The monoisotopic (exact) mass is 215 g/mol. The SMILES string of the molecule is CC(C)[C@@H]1C[C@H]1CNc1cnccc1C#N. The summed E-state index contributed by atoms with van der Waals surface area (Å²) in [5.74, 6) is 2.40. The Kier molecular flexibility index (Phi) is 3.09. The summed E-state index contributed by atoms with van der Waals surface area (Å²) in [6.07, 6.45) is 4.69. The zero-order valence-corrected chi connectivity index (χ0v) is 9.77. The average Bonchev–Trinajstić information content (AvgIpc) is 3.06. The van der Waals surface area contributed by atoms with Crippen LogP contribution in [0.2, 0.25) is 0 Å². The standard InChI is InChI=1S/C13H17N3/c1-9(2)12-5-11(12)7-16-13-8-15-4-3-10(13)6-14/h3-4,8-9,11-12,16H,5,7H2,1-2H3/t11-,12-/m0/s1. The molecule has 1 aliphatic rings. The molecule has 1 heterocycles. The number of hydrogen-bond acceptors (Lipinski definition) is 3. The number of anilines is 1. The lowest BCUT2D eigenvalue weighted by Crippen LogP contribution is -2.08. The van der Waals surface area contributed by atoms with E-state index in [1.54, 1.807) is 18.5 Å². The fraction of sp³-hybridized carbons (Fsp3) is 0.538. The molecule has 1 fully saturated rings. The van der Waals surface area contributed by atoms with Gasteiger partial charge in [0.15, 0.2) is 0 Å². The van der Waals surface area contributed by atoms with Gasteiger partial charge in [0, 0.05) is 12.7 Å². The van der Waals surface area contributed by atoms with Crippen molar-refractivity contribution in [3.63, 3.8) is 0 Å².